The third-order valence-corrected chi connectivity index (χ3v) is 8.44. The monoisotopic (exact) mass is 481 g/mol. The average Bonchev–Trinajstić information content (AvgIpc) is 3.47. The summed E-state index contributed by atoms with van der Waals surface area (Å²) < 4.78 is 13.5. The number of nitrogens with zero attached hydrogens (tertiary/aromatic N) is 2. The topological polar surface area (TPSA) is 64.8 Å². The van der Waals surface area contributed by atoms with Crippen LogP contribution in [-0.4, -0.2) is 41.9 Å². The smallest absolute Gasteiger partial charge is 0.277 e. The number of aryl methyl sites for hydroxylation is 1. The summed E-state index contributed by atoms with van der Waals surface area (Å²) in [6.45, 7) is 3.97. The highest BCUT2D eigenvalue weighted by Gasteiger charge is 2.18. The van der Waals surface area contributed by atoms with E-state index in [1.165, 1.54) is 17.1 Å². The van der Waals surface area contributed by atoms with Gasteiger partial charge >= 0.3 is 0 Å². The van der Waals surface area contributed by atoms with Gasteiger partial charge in [-0.1, -0.05) is 12.1 Å². The van der Waals surface area contributed by atoms with Crippen molar-refractivity contribution >= 4 is 35.6 Å². The molecule has 1 amide bonds. The highest BCUT2D eigenvalue weighted by Crippen LogP contribution is 2.45. The Hall–Kier alpha value is -2.84. The Labute approximate surface area is 202 Å². The Morgan fingerprint density at radius 1 is 1.09 bits per heavy atom. The Bertz CT molecular complexity index is 1120. The lowest BCUT2D eigenvalue weighted by atomic mass is 10.2. The maximum atomic E-state index is 12.1. The second-order valence-electron chi connectivity index (χ2n) is 7.58. The molecule has 33 heavy (non-hydrogen) atoms. The van der Waals surface area contributed by atoms with Crippen molar-refractivity contribution in [2.45, 2.75) is 18.4 Å². The van der Waals surface area contributed by atoms with Crippen molar-refractivity contribution in [3.8, 4) is 17.2 Å². The Morgan fingerprint density at radius 3 is 2.42 bits per heavy atom. The minimum absolute atomic E-state index is 0.0888. The Kier molecular flexibility index (Phi) is 7.67. The van der Waals surface area contributed by atoms with Gasteiger partial charge in [0, 0.05) is 34.1 Å². The summed E-state index contributed by atoms with van der Waals surface area (Å²) in [7, 11) is 1.65. The van der Waals surface area contributed by atoms with E-state index < -0.39 is 0 Å². The lowest BCUT2D eigenvalue weighted by molar-refractivity contribution is -0.123. The number of carbonyl (C=O) groups excluding carboxylic acids is 1. The summed E-state index contributed by atoms with van der Waals surface area (Å²) >= 11 is 3.93. The van der Waals surface area contributed by atoms with Crippen LogP contribution in [0.4, 0.5) is 0 Å². The van der Waals surface area contributed by atoms with Crippen LogP contribution in [0, 0.1) is 13.8 Å². The molecule has 1 N–H and O–H groups in total. The molecule has 4 rings (SSSR count). The zero-order valence-corrected chi connectivity index (χ0v) is 20.5. The van der Waals surface area contributed by atoms with E-state index in [4.69, 9.17) is 9.47 Å². The van der Waals surface area contributed by atoms with Crippen LogP contribution in [-0.2, 0) is 4.79 Å². The number of methoxy groups -OCH3 is 1. The first kappa shape index (κ1) is 23.3. The molecule has 0 saturated carbocycles. The van der Waals surface area contributed by atoms with Gasteiger partial charge in [-0.15, -0.1) is 23.5 Å². The molecular formula is C25H27N3O3S2. The molecule has 1 fully saturated rings. The minimum Gasteiger partial charge on any atom is -0.497 e. The molecule has 2 aromatic carbocycles. The highest BCUT2D eigenvalue weighted by molar-refractivity contribution is 8.19. The quantitative estimate of drug-likeness (QED) is 0.358. The van der Waals surface area contributed by atoms with E-state index in [0.717, 1.165) is 28.4 Å². The number of hydrogen-bond acceptors (Lipinski definition) is 6. The fraction of sp³-hybridized carbons (Fsp3) is 0.280. The van der Waals surface area contributed by atoms with E-state index in [-0.39, 0.29) is 12.5 Å². The van der Waals surface area contributed by atoms with Crippen LogP contribution in [0.2, 0.25) is 0 Å². The second-order valence-corrected chi connectivity index (χ2v) is 10.3. The molecule has 6 nitrogen and oxygen atoms in total. The number of benzene rings is 2. The number of thioether (sulfide) groups is 2. The maximum absolute atomic E-state index is 12.1. The summed E-state index contributed by atoms with van der Waals surface area (Å²) in [5, 5.41) is 4.11. The van der Waals surface area contributed by atoms with Crippen molar-refractivity contribution in [2.24, 2.45) is 5.10 Å². The van der Waals surface area contributed by atoms with Crippen molar-refractivity contribution < 1.29 is 14.3 Å². The van der Waals surface area contributed by atoms with E-state index in [0.29, 0.717) is 10.3 Å². The molecule has 172 valence electrons. The number of aromatic nitrogens is 1. The zero-order chi connectivity index (χ0) is 23.2. The fourth-order valence-electron chi connectivity index (χ4n) is 3.67. The van der Waals surface area contributed by atoms with Gasteiger partial charge in [-0.05, 0) is 61.9 Å². The van der Waals surface area contributed by atoms with Crippen LogP contribution in [0.3, 0.4) is 0 Å². The number of carbonyl (C=O) groups is 1. The lowest BCUT2D eigenvalue weighted by Crippen LogP contribution is -2.24. The van der Waals surface area contributed by atoms with Gasteiger partial charge in [-0.25, -0.2) is 5.43 Å². The summed E-state index contributed by atoms with van der Waals surface area (Å²) in [6, 6.07) is 17.9. The van der Waals surface area contributed by atoms with Crippen LogP contribution >= 0.6 is 23.5 Å². The predicted octanol–water partition coefficient (Wildman–Crippen LogP) is 5.11. The minimum atomic E-state index is -0.304. The van der Waals surface area contributed by atoms with Crippen molar-refractivity contribution in [2.75, 3.05) is 25.2 Å². The standard InChI is InChI=1S/C25H27N3O3S2/c1-17-14-20(18(2)28(17)21-6-10-22(30-3)11-7-21)15-26-27-24(29)16-31-23-8-4-19(5-9-23)25-32-12-13-33-25/h4-11,14-15,25H,12-13,16H2,1-3H3,(H,27,29)/b26-15-. The molecule has 0 aliphatic carbocycles. The first-order valence-electron chi connectivity index (χ1n) is 10.7. The molecule has 1 saturated heterocycles. The number of nitrogens with one attached hydrogen (secondary N) is 1. The molecule has 8 heteroatoms. The first-order chi connectivity index (χ1) is 16.0. The molecule has 0 atom stereocenters. The highest BCUT2D eigenvalue weighted by atomic mass is 32.2. The van der Waals surface area contributed by atoms with Crippen LogP contribution in [0.25, 0.3) is 5.69 Å². The summed E-state index contributed by atoms with van der Waals surface area (Å²) in [6.07, 6.45) is 1.66. The van der Waals surface area contributed by atoms with Crippen molar-refractivity contribution in [3.63, 3.8) is 0 Å². The molecule has 0 bridgehead atoms. The zero-order valence-electron chi connectivity index (χ0n) is 18.9. The van der Waals surface area contributed by atoms with E-state index in [1.54, 1.807) is 13.3 Å². The number of hydrazone groups is 1. The van der Waals surface area contributed by atoms with Crippen LogP contribution in [0.5, 0.6) is 11.5 Å². The van der Waals surface area contributed by atoms with Gasteiger partial charge in [0.2, 0.25) is 0 Å². The van der Waals surface area contributed by atoms with E-state index >= 15 is 0 Å². The largest absolute Gasteiger partial charge is 0.497 e. The van der Waals surface area contributed by atoms with E-state index in [1.807, 2.05) is 79.8 Å². The molecule has 0 spiro atoms. The molecule has 2 heterocycles. The van der Waals surface area contributed by atoms with Gasteiger partial charge in [0.25, 0.3) is 5.91 Å². The molecule has 1 aliphatic heterocycles. The fourth-order valence-corrected chi connectivity index (χ4v) is 6.53. The molecular weight excluding hydrogens is 454 g/mol. The molecule has 1 aromatic heterocycles. The Morgan fingerprint density at radius 2 is 1.76 bits per heavy atom. The number of ether oxygens (including phenoxy) is 2. The van der Waals surface area contributed by atoms with Gasteiger partial charge in [0.1, 0.15) is 11.5 Å². The molecule has 0 radical (unpaired) electrons. The number of amides is 1. The second kappa shape index (κ2) is 10.9. The lowest BCUT2D eigenvalue weighted by Gasteiger charge is -2.10. The normalized spacial score (nSPS) is 14.0. The summed E-state index contributed by atoms with van der Waals surface area (Å²) in [4.78, 5) is 12.1. The summed E-state index contributed by atoms with van der Waals surface area (Å²) in [5.74, 6) is 3.57. The van der Waals surface area contributed by atoms with Crippen molar-refractivity contribution in [1.29, 1.82) is 0 Å². The number of rotatable bonds is 8. The third kappa shape index (κ3) is 5.75. The van der Waals surface area contributed by atoms with Gasteiger partial charge in [-0.2, -0.15) is 5.10 Å². The van der Waals surface area contributed by atoms with Crippen LogP contribution < -0.4 is 14.9 Å². The van der Waals surface area contributed by atoms with Crippen molar-refractivity contribution in [1.82, 2.24) is 9.99 Å². The van der Waals surface area contributed by atoms with Crippen molar-refractivity contribution in [3.05, 3.63) is 77.1 Å². The van der Waals surface area contributed by atoms with E-state index in [9.17, 15) is 4.79 Å². The third-order valence-electron chi connectivity index (χ3n) is 5.34. The van der Waals surface area contributed by atoms with E-state index in [2.05, 4.69) is 27.2 Å². The predicted molar refractivity (Wildman–Crippen MR) is 137 cm³/mol. The van der Waals surface area contributed by atoms with Crippen LogP contribution in [0.1, 0.15) is 27.1 Å². The molecule has 0 unspecified atom stereocenters. The molecule has 3 aromatic rings. The average molecular weight is 482 g/mol. The van der Waals surface area contributed by atoms with Gasteiger partial charge in [0.05, 0.1) is 17.9 Å². The van der Waals surface area contributed by atoms with Gasteiger partial charge in [0.15, 0.2) is 6.61 Å². The Balaban J connectivity index is 1.31. The van der Waals surface area contributed by atoms with Gasteiger partial charge in [-0.3, -0.25) is 4.79 Å². The summed E-state index contributed by atoms with van der Waals surface area (Å²) in [5.41, 5.74) is 7.91. The first-order valence-corrected chi connectivity index (χ1v) is 12.8. The number of hydrogen-bond donors (Lipinski definition) is 1. The maximum Gasteiger partial charge on any atom is 0.277 e. The molecule has 1 aliphatic rings. The van der Waals surface area contributed by atoms with Crippen LogP contribution in [0.15, 0.2) is 59.7 Å². The SMILES string of the molecule is COc1ccc(-n2c(C)cc(/C=N\NC(=O)COc3ccc(C4SCCS4)cc3)c2C)cc1. The van der Waals surface area contributed by atoms with Gasteiger partial charge < -0.3 is 14.0 Å².